The van der Waals surface area contributed by atoms with E-state index in [9.17, 15) is 14.4 Å². The van der Waals surface area contributed by atoms with Gasteiger partial charge in [-0.2, -0.15) is 0 Å². The number of para-hydroxylation sites is 1. The summed E-state index contributed by atoms with van der Waals surface area (Å²) >= 11 is 0. The van der Waals surface area contributed by atoms with Crippen molar-refractivity contribution in [3.05, 3.63) is 71.9 Å². The van der Waals surface area contributed by atoms with Crippen LogP contribution in [0, 0.1) is 5.41 Å². The lowest BCUT2D eigenvalue weighted by Crippen LogP contribution is -2.61. The third-order valence-corrected chi connectivity index (χ3v) is 7.91. The van der Waals surface area contributed by atoms with Crippen LogP contribution in [0.4, 0.5) is 0 Å². The Bertz CT molecular complexity index is 1350. The van der Waals surface area contributed by atoms with E-state index in [1.54, 1.807) is 35.8 Å². The van der Waals surface area contributed by atoms with E-state index < -0.39 is 22.9 Å². The minimum absolute atomic E-state index is 0.0286. The summed E-state index contributed by atoms with van der Waals surface area (Å²) in [5.74, 6) is -0.638. The maximum absolute atomic E-state index is 14.2. The summed E-state index contributed by atoms with van der Waals surface area (Å²) in [7, 11) is 5.43. The van der Waals surface area contributed by atoms with Crippen LogP contribution in [0.15, 0.2) is 60.8 Å². The van der Waals surface area contributed by atoms with Gasteiger partial charge in [0.05, 0.1) is 11.0 Å². The zero-order valence-electron chi connectivity index (χ0n) is 24.2. The number of hydrazine groups is 1. The lowest BCUT2D eigenvalue weighted by atomic mass is 9.74. The highest BCUT2D eigenvalue weighted by atomic mass is 16.2. The molecule has 1 unspecified atom stereocenters. The lowest BCUT2D eigenvalue weighted by Gasteiger charge is -2.45. The van der Waals surface area contributed by atoms with Crippen molar-refractivity contribution >= 4 is 28.6 Å². The Morgan fingerprint density at radius 1 is 1.07 bits per heavy atom. The predicted molar refractivity (Wildman–Crippen MR) is 157 cm³/mol. The van der Waals surface area contributed by atoms with Gasteiger partial charge in [0.2, 0.25) is 17.7 Å². The van der Waals surface area contributed by atoms with Crippen LogP contribution in [0.2, 0.25) is 0 Å². The fourth-order valence-electron chi connectivity index (χ4n) is 5.51. The number of fused-ring (bicyclic) bond motifs is 1. The number of aromatic nitrogens is 1. The number of nitrogens with zero attached hydrogens (tertiary/aromatic N) is 3. The molecular weight excluding hydrogens is 504 g/mol. The first kappa shape index (κ1) is 29.3. The van der Waals surface area contributed by atoms with E-state index >= 15 is 0 Å². The van der Waals surface area contributed by atoms with Crippen molar-refractivity contribution in [1.82, 2.24) is 25.2 Å². The van der Waals surface area contributed by atoms with E-state index in [0.717, 1.165) is 22.0 Å². The number of hydrogen-bond donors (Lipinski definition) is 3. The molecule has 2 atom stereocenters. The van der Waals surface area contributed by atoms with Gasteiger partial charge in [-0.25, -0.2) is 5.01 Å². The van der Waals surface area contributed by atoms with Crippen LogP contribution in [0.5, 0.6) is 0 Å². The summed E-state index contributed by atoms with van der Waals surface area (Å²) in [6.45, 7) is 4.03. The monoisotopic (exact) mass is 546 g/mol. The maximum Gasteiger partial charge on any atom is 0.245 e. The zero-order chi connectivity index (χ0) is 29.1. The second kappa shape index (κ2) is 11.8. The van der Waals surface area contributed by atoms with E-state index in [4.69, 9.17) is 5.73 Å². The van der Waals surface area contributed by atoms with Crippen molar-refractivity contribution in [2.45, 2.75) is 51.1 Å². The number of carbonyl (C=O) groups excluding carboxylic acids is 3. The minimum atomic E-state index is -1.15. The van der Waals surface area contributed by atoms with Crippen molar-refractivity contribution in [2.24, 2.45) is 11.1 Å². The van der Waals surface area contributed by atoms with Gasteiger partial charge in [-0.05, 0) is 50.3 Å². The number of carbonyl (C=O) groups is 3. The molecular formula is C31H42N6O3. The highest BCUT2D eigenvalue weighted by Crippen LogP contribution is 2.36. The molecule has 0 bridgehead atoms. The van der Waals surface area contributed by atoms with Gasteiger partial charge in [-0.15, -0.1) is 0 Å². The Hall–Kier alpha value is -3.69. The molecule has 0 aliphatic carbocycles. The van der Waals surface area contributed by atoms with Gasteiger partial charge in [0.15, 0.2) is 0 Å². The Morgan fingerprint density at radius 2 is 1.75 bits per heavy atom. The molecule has 1 saturated heterocycles. The van der Waals surface area contributed by atoms with E-state index in [-0.39, 0.29) is 18.4 Å². The molecule has 1 aliphatic rings. The van der Waals surface area contributed by atoms with Gasteiger partial charge in [-0.3, -0.25) is 19.4 Å². The summed E-state index contributed by atoms with van der Waals surface area (Å²) in [5.41, 5.74) is 7.10. The topological polar surface area (TPSA) is 115 Å². The molecule has 2 aromatic carbocycles. The number of rotatable bonds is 9. The summed E-state index contributed by atoms with van der Waals surface area (Å²) < 4.78 is 0. The molecule has 3 amide bonds. The second-order valence-corrected chi connectivity index (χ2v) is 11.8. The number of amides is 3. The summed E-state index contributed by atoms with van der Waals surface area (Å²) in [4.78, 5) is 46.2. The van der Waals surface area contributed by atoms with Gasteiger partial charge in [-0.1, -0.05) is 48.5 Å². The third kappa shape index (κ3) is 6.37. The smallest absolute Gasteiger partial charge is 0.245 e. The largest absolute Gasteiger partial charge is 0.361 e. The van der Waals surface area contributed by atoms with Crippen molar-refractivity contribution in [3.8, 4) is 0 Å². The average molecular weight is 547 g/mol. The van der Waals surface area contributed by atoms with E-state index in [0.29, 0.717) is 32.2 Å². The number of H-pyrrole nitrogens is 1. The number of nitrogens with two attached hydrogens (primary N) is 1. The number of nitrogens with one attached hydrogen (secondary N) is 2. The van der Waals surface area contributed by atoms with Crippen molar-refractivity contribution in [3.63, 3.8) is 0 Å². The van der Waals surface area contributed by atoms with Crippen molar-refractivity contribution < 1.29 is 14.4 Å². The number of hydrogen-bond acceptors (Lipinski definition) is 5. The summed E-state index contributed by atoms with van der Waals surface area (Å²) in [6, 6.07) is 17.0. The molecule has 0 saturated carbocycles. The lowest BCUT2D eigenvalue weighted by molar-refractivity contribution is -0.159. The number of benzene rings is 2. The van der Waals surface area contributed by atoms with Crippen LogP contribution in [0.1, 0.15) is 37.8 Å². The first-order chi connectivity index (χ1) is 18.9. The van der Waals surface area contributed by atoms with Crippen molar-refractivity contribution in [2.75, 3.05) is 34.2 Å². The molecule has 214 valence electrons. The normalized spacial score (nSPS) is 18.5. The highest BCUT2D eigenvalue weighted by Gasteiger charge is 2.46. The molecule has 1 aromatic heterocycles. The predicted octanol–water partition coefficient (Wildman–Crippen LogP) is 2.72. The van der Waals surface area contributed by atoms with Gasteiger partial charge in [0, 0.05) is 57.8 Å². The minimum Gasteiger partial charge on any atom is -0.361 e. The molecule has 0 spiro atoms. The number of piperidine rings is 1. The standard InChI is InChI=1S/C31H42N6O3/c1-30(2,32)28(39)34-26(18-23-20-33-25-15-10-9-14-24(23)25)27(38)37-17-11-16-31(21-37,29(40)36(5)35(3)4)19-22-12-7-6-8-13-22/h6-10,12-15,20,26,33H,11,16-19,21,32H2,1-5H3,(H,34,39)/t26-,31?/m0/s1. The molecule has 9 heteroatoms. The Morgan fingerprint density at radius 3 is 2.42 bits per heavy atom. The van der Waals surface area contributed by atoms with Crippen LogP contribution in [-0.4, -0.2) is 83.4 Å². The molecule has 3 aromatic rings. The van der Waals surface area contributed by atoms with Crippen LogP contribution in [0.3, 0.4) is 0 Å². The maximum atomic E-state index is 14.2. The van der Waals surface area contributed by atoms with Crippen molar-refractivity contribution in [1.29, 1.82) is 0 Å². The Balaban J connectivity index is 1.66. The first-order valence-corrected chi connectivity index (χ1v) is 13.8. The van der Waals surface area contributed by atoms with Crippen LogP contribution >= 0.6 is 0 Å². The highest BCUT2D eigenvalue weighted by molar-refractivity contribution is 5.93. The van der Waals surface area contributed by atoms with Gasteiger partial charge < -0.3 is 20.9 Å². The van der Waals surface area contributed by atoms with Gasteiger partial charge in [0.25, 0.3) is 0 Å². The van der Waals surface area contributed by atoms with Crippen LogP contribution < -0.4 is 11.1 Å². The number of likely N-dealkylation sites (tertiary alicyclic amines) is 1. The van der Waals surface area contributed by atoms with Gasteiger partial charge >= 0.3 is 0 Å². The summed E-state index contributed by atoms with van der Waals surface area (Å²) in [5, 5.41) is 7.32. The first-order valence-electron chi connectivity index (χ1n) is 13.8. The molecule has 9 nitrogen and oxygen atoms in total. The van der Waals surface area contributed by atoms with Gasteiger partial charge in [0.1, 0.15) is 6.04 Å². The molecule has 1 fully saturated rings. The molecule has 2 heterocycles. The van der Waals surface area contributed by atoms with Crippen LogP contribution in [-0.2, 0) is 27.2 Å². The molecule has 4 N–H and O–H groups in total. The van der Waals surface area contributed by atoms with E-state index in [2.05, 4.69) is 10.3 Å². The van der Waals surface area contributed by atoms with Crippen LogP contribution in [0.25, 0.3) is 10.9 Å². The second-order valence-electron chi connectivity index (χ2n) is 11.8. The third-order valence-electron chi connectivity index (χ3n) is 7.91. The number of aromatic amines is 1. The molecule has 0 radical (unpaired) electrons. The molecule has 1 aliphatic heterocycles. The van der Waals surface area contributed by atoms with E-state index in [1.807, 2.05) is 74.9 Å². The SMILES string of the molecule is CN(C)N(C)C(=O)C1(Cc2ccccc2)CCCN(C(=O)[C@H](Cc2c[nH]c3ccccc23)NC(=O)C(C)(C)N)C1. The quantitative estimate of drug-likeness (QED) is 0.357. The zero-order valence-corrected chi connectivity index (χ0v) is 24.2. The molecule has 4 rings (SSSR count). The van der Waals surface area contributed by atoms with E-state index in [1.165, 1.54) is 0 Å². The summed E-state index contributed by atoms with van der Waals surface area (Å²) in [6.07, 6.45) is 4.05. The Kier molecular flexibility index (Phi) is 8.65. The Labute approximate surface area is 236 Å². The molecule has 40 heavy (non-hydrogen) atoms. The fourth-order valence-corrected chi connectivity index (χ4v) is 5.51. The fraction of sp³-hybridized carbons (Fsp3) is 0.452. The average Bonchev–Trinajstić information content (AvgIpc) is 3.34.